The summed E-state index contributed by atoms with van der Waals surface area (Å²) in [5.41, 5.74) is 2.52. The van der Waals surface area contributed by atoms with Crippen molar-refractivity contribution in [3.8, 4) is 16.9 Å². The molecule has 1 saturated carbocycles. The van der Waals surface area contributed by atoms with Gasteiger partial charge in [0.15, 0.2) is 15.6 Å². The zero-order chi connectivity index (χ0) is 20.9. The maximum atomic E-state index is 12.9. The Kier molecular flexibility index (Phi) is 4.77. The average Bonchev–Trinajstić information content (AvgIpc) is 3.46. The molecule has 2 aromatic heterocycles. The summed E-state index contributed by atoms with van der Waals surface area (Å²) in [6, 6.07) is 5.28. The van der Waals surface area contributed by atoms with Crippen LogP contribution in [0.25, 0.3) is 22.2 Å². The molecule has 1 fully saturated rings. The fourth-order valence-corrected chi connectivity index (χ4v) is 4.70. The second-order valence-electron chi connectivity index (χ2n) is 7.67. The molecule has 7 nitrogen and oxygen atoms in total. The summed E-state index contributed by atoms with van der Waals surface area (Å²) in [4.78, 5) is 17.0. The lowest BCUT2D eigenvalue weighted by molar-refractivity contribution is 0.405. The Hall–Kier alpha value is -2.61. The summed E-state index contributed by atoms with van der Waals surface area (Å²) in [7, 11) is -0.381. The van der Waals surface area contributed by atoms with Crippen LogP contribution in [0.15, 0.2) is 34.1 Å². The van der Waals surface area contributed by atoms with E-state index in [1.54, 1.807) is 32.3 Å². The van der Waals surface area contributed by atoms with Crippen LogP contribution in [-0.4, -0.2) is 35.4 Å². The van der Waals surface area contributed by atoms with E-state index in [1.165, 1.54) is 24.5 Å². The fourth-order valence-electron chi connectivity index (χ4n) is 3.64. The Balaban J connectivity index is 2.02. The minimum atomic E-state index is -3.48. The van der Waals surface area contributed by atoms with Gasteiger partial charge >= 0.3 is 0 Å². The third kappa shape index (κ3) is 3.46. The normalized spacial score (nSPS) is 14.5. The molecule has 4 rings (SSSR count). The second-order valence-corrected chi connectivity index (χ2v) is 9.92. The van der Waals surface area contributed by atoms with Gasteiger partial charge in [-0.05, 0) is 49.4 Å². The highest BCUT2D eigenvalue weighted by Gasteiger charge is 2.26. The first-order valence-corrected chi connectivity index (χ1v) is 11.4. The molecule has 0 bridgehead atoms. The minimum Gasteiger partial charge on any atom is -0.491 e. The maximum Gasteiger partial charge on any atom is 0.292 e. The lowest BCUT2D eigenvalue weighted by Crippen LogP contribution is -2.17. The molecule has 1 aliphatic carbocycles. The Morgan fingerprint density at radius 2 is 1.93 bits per heavy atom. The van der Waals surface area contributed by atoms with E-state index in [4.69, 9.17) is 4.74 Å². The third-order valence-corrected chi connectivity index (χ3v) is 7.31. The van der Waals surface area contributed by atoms with Crippen molar-refractivity contribution in [1.29, 1.82) is 0 Å². The molecule has 3 aromatic rings. The summed E-state index contributed by atoms with van der Waals surface area (Å²) < 4.78 is 34.5. The number of pyridine rings is 1. The number of aromatic nitrogens is 3. The molecule has 0 amide bonds. The Morgan fingerprint density at radius 1 is 1.21 bits per heavy atom. The summed E-state index contributed by atoms with van der Waals surface area (Å²) in [6.45, 7) is 4.39. The molecule has 0 radical (unpaired) electrons. The molecule has 0 unspecified atom stereocenters. The SMILES string of the molecule is CCS(=O)(=O)c1cc(-c2cc(OC)c(=O)n(C)c2)cc2c1nc(C)n2CC1CC1. The number of sulfone groups is 1. The molecule has 8 heteroatoms. The molecular weight excluding hydrogens is 390 g/mol. The number of hydrogen-bond acceptors (Lipinski definition) is 5. The van der Waals surface area contributed by atoms with Gasteiger partial charge in [-0.15, -0.1) is 0 Å². The number of methoxy groups -OCH3 is 1. The largest absolute Gasteiger partial charge is 0.491 e. The first-order chi connectivity index (χ1) is 13.7. The van der Waals surface area contributed by atoms with Gasteiger partial charge < -0.3 is 13.9 Å². The van der Waals surface area contributed by atoms with Crippen molar-refractivity contribution < 1.29 is 13.2 Å². The molecule has 0 spiro atoms. The lowest BCUT2D eigenvalue weighted by atomic mass is 10.1. The maximum absolute atomic E-state index is 12.9. The molecular formula is C21H25N3O4S. The zero-order valence-electron chi connectivity index (χ0n) is 17.1. The van der Waals surface area contributed by atoms with Crippen LogP contribution in [-0.2, 0) is 23.4 Å². The van der Waals surface area contributed by atoms with Crippen molar-refractivity contribution in [2.24, 2.45) is 13.0 Å². The zero-order valence-corrected chi connectivity index (χ0v) is 17.9. The molecule has 1 aliphatic rings. The quantitative estimate of drug-likeness (QED) is 0.618. The van der Waals surface area contributed by atoms with Crippen LogP contribution < -0.4 is 10.3 Å². The molecule has 0 N–H and O–H groups in total. The summed E-state index contributed by atoms with van der Waals surface area (Å²) in [5.74, 6) is 1.65. The Labute approximate surface area is 169 Å². The van der Waals surface area contributed by atoms with Crippen LogP contribution in [0.3, 0.4) is 0 Å². The van der Waals surface area contributed by atoms with Crippen molar-refractivity contribution in [3.63, 3.8) is 0 Å². The van der Waals surface area contributed by atoms with Crippen LogP contribution in [0.4, 0.5) is 0 Å². The van der Waals surface area contributed by atoms with Crippen molar-refractivity contribution in [1.82, 2.24) is 14.1 Å². The number of fused-ring (bicyclic) bond motifs is 1. The Bertz CT molecular complexity index is 1270. The topological polar surface area (TPSA) is 83.2 Å². The van der Waals surface area contributed by atoms with E-state index in [0.29, 0.717) is 11.4 Å². The number of nitrogens with zero attached hydrogens (tertiary/aromatic N) is 3. The fraction of sp³-hybridized carbons (Fsp3) is 0.429. The van der Waals surface area contributed by atoms with E-state index >= 15 is 0 Å². The van der Waals surface area contributed by atoms with E-state index in [0.717, 1.165) is 29.0 Å². The van der Waals surface area contributed by atoms with Gasteiger partial charge in [0.05, 0.1) is 23.3 Å². The first-order valence-electron chi connectivity index (χ1n) is 9.73. The van der Waals surface area contributed by atoms with Gasteiger partial charge in [-0.25, -0.2) is 13.4 Å². The molecule has 2 heterocycles. The number of benzene rings is 1. The number of ether oxygens (including phenoxy) is 1. The highest BCUT2D eigenvalue weighted by molar-refractivity contribution is 7.91. The summed E-state index contributed by atoms with van der Waals surface area (Å²) >= 11 is 0. The molecule has 0 atom stereocenters. The predicted molar refractivity (Wildman–Crippen MR) is 112 cm³/mol. The highest BCUT2D eigenvalue weighted by atomic mass is 32.2. The van der Waals surface area contributed by atoms with Gasteiger partial charge in [-0.1, -0.05) is 6.92 Å². The second kappa shape index (κ2) is 7.02. The lowest BCUT2D eigenvalue weighted by Gasteiger charge is -2.12. The van der Waals surface area contributed by atoms with Crippen molar-refractivity contribution in [2.75, 3.05) is 12.9 Å². The van der Waals surface area contributed by atoms with Crippen molar-refractivity contribution in [3.05, 3.63) is 40.6 Å². The van der Waals surface area contributed by atoms with E-state index < -0.39 is 9.84 Å². The van der Waals surface area contributed by atoms with Crippen LogP contribution in [0.5, 0.6) is 5.75 Å². The van der Waals surface area contributed by atoms with E-state index in [9.17, 15) is 13.2 Å². The highest BCUT2D eigenvalue weighted by Crippen LogP contribution is 2.36. The molecule has 1 aromatic carbocycles. The summed E-state index contributed by atoms with van der Waals surface area (Å²) in [6.07, 6.45) is 4.08. The molecule has 0 saturated heterocycles. The van der Waals surface area contributed by atoms with Gasteiger partial charge in [0.1, 0.15) is 11.3 Å². The van der Waals surface area contributed by atoms with Gasteiger partial charge in [-0.2, -0.15) is 0 Å². The number of rotatable bonds is 6. The van der Waals surface area contributed by atoms with Gasteiger partial charge in [0.2, 0.25) is 0 Å². The molecule has 29 heavy (non-hydrogen) atoms. The van der Waals surface area contributed by atoms with Gasteiger partial charge in [0.25, 0.3) is 5.56 Å². The molecule has 0 aliphatic heterocycles. The van der Waals surface area contributed by atoms with Crippen LogP contribution in [0, 0.1) is 12.8 Å². The monoisotopic (exact) mass is 415 g/mol. The van der Waals surface area contributed by atoms with Crippen LogP contribution in [0.2, 0.25) is 0 Å². The van der Waals surface area contributed by atoms with Gasteiger partial charge in [0, 0.05) is 25.4 Å². The van der Waals surface area contributed by atoms with Gasteiger partial charge in [-0.3, -0.25) is 4.79 Å². The van der Waals surface area contributed by atoms with Crippen LogP contribution >= 0.6 is 0 Å². The smallest absolute Gasteiger partial charge is 0.292 e. The van der Waals surface area contributed by atoms with Crippen LogP contribution in [0.1, 0.15) is 25.6 Å². The predicted octanol–water partition coefficient (Wildman–Crippen LogP) is 2.92. The Morgan fingerprint density at radius 3 is 2.55 bits per heavy atom. The number of imidazole rings is 1. The van der Waals surface area contributed by atoms with E-state index in [1.807, 2.05) is 13.0 Å². The van der Waals surface area contributed by atoms with Crippen molar-refractivity contribution in [2.45, 2.75) is 38.1 Å². The first kappa shape index (κ1) is 19.7. The molecule has 154 valence electrons. The third-order valence-electron chi connectivity index (χ3n) is 5.57. The average molecular weight is 416 g/mol. The van der Waals surface area contributed by atoms with Crippen molar-refractivity contribution >= 4 is 20.9 Å². The number of hydrogen-bond donors (Lipinski definition) is 0. The summed E-state index contributed by atoms with van der Waals surface area (Å²) in [5, 5.41) is 0. The van der Waals surface area contributed by atoms with E-state index in [2.05, 4.69) is 9.55 Å². The standard InChI is InChI=1S/C21H25N3O4S/c1-5-29(26,27)19-10-15(16-9-18(28-4)21(25)23(3)12-16)8-17-20(19)22-13(2)24(17)11-14-6-7-14/h8-10,12,14H,5-7,11H2,1-4H3. The number of aryl methyl sites for hydroxylation is 2. The minimum absolute atomic E-state index is 0.00329. The van der Waals surface area contributed by atoms with E-state index in [-0.39, 0.29) is 22.0 Å².